The first-order valence-corrected chi connectivity index (χ1v) is 8.99. The van der Waals surface area contributed by atoms with E-state index in [1.165, 1.54) is 0 Å². The normalized spacial score (nSPS) is 20.7. The van der Waals surface area contributed by atoms with Crippen LogP contribution in [0.1, 0.15) is 34.7 Å². The van der Waals surface area contributed by atoms with Crippen molar-refractivity contribution < 1.29 is 19.4 Å². The molecule has 142 valence electrons. The molecule has 2 aliphatic rings. The fourth-order valence-corrected chi connectivity index (χ4v) is 3.40. The number of hydrazine groups is 1. The number of fused-ring (bicyclic) bond motifs is 1. The van der Waals surface area contributed by atoms with E-state index in [1.54, 1.807) is 0 Å². The van der Waals surface area contributed by atoms with Gasteiger partial charge in [-0.2, -0.15) is 0 Å². The molecule has 2 aromatic carbocycles. The Morgan fingerprint density at radius 3 is 2.85 bits per heavy atom. The van der Waals surface area contributed by atoms with E-state index in [0.29, 0.717) is 18.7 Å². The van der Waals surface area contributed by atoms with Gasteiger partial charge in [-0.1, -0.05) is 18.2 Å². The van der Waals surface area contributed by atoms with Crippen molar-refractivity contribution >= 4 is 5.91 Å². The van der Waals surface area contributed by atoms with E-state index in [1.807, 2.05) is 44.2 Å². The molecular weight excluding hydrogens is 346 g/mol. The summed E-state index contributed by atoms with van der Waals surface area (Å²) in [6, 6.07) is 9.03. The monoisotopic (exact) mass is 369 g/mol. The maximum atomic E-state index is 12.5. The summed E-state index contributed by atoms with van der Waals surface area (Å²) in [7, 11) is 0. The Morgan fingerprint density at radius 2 is 2.00 bits per heavy atom. The fraction of sp³-hybridized carbons (Fsp3) is 0.350. The van der Waals surface area contributed by atoms with Gasteiger partial charge in [0.25, 0.3) is 0 Å². The molecule has 1 fully saturated rings. The first-order valence-electron chi connectivity index (χ1n) is 8.99. The molecule has 2 atom stereocenters. The smallest absolute Gasteiger partial charge is 0.238 e. The Bertz CT molecular complexity index is 884. The zero-order valence-electron chi connectivity index (χ0n) is 15.3. The lowest BCUT2D eigenvalue weighted by atomic mass is 9.96. The second-order valence-corrected chi connectivity index (χ2v) is 6.98. The number of rotatable bonds is 4. The highest BCUT2D eigenvalue weighted by Gasteiger charge is 2.31. The molecule has 0 aromatic heterocycles. The summed E-state index contributed by atoms with van der Waals surface area (Å²) in [6.45, 7) is 4.50. The third-order valence-electron chi connectivity index (χ3n) is 5.23. The number of aromatic hydroxyl groups is 1. The lowest BCUT2D eigenvalue weighted by molar-refractivity contribution is -0.123. The predicted molar refractivity (Wildman–Crippen MR) is 99.4 cm³/mol. The fourth-order valence-electron chi connectivity index (χ4n) is 3.40. The van der Waals surface area contributed by atoms with Crippen molar-refractivity contribution in [1.82, 2.24) is 16.2 Å². The summed E-state index contributed by atoms with van der Waals surface area (Å²) in [4.78, 5) is 12.5. The molecule has 27 heavy (non-hydrogen) atoms. The highest BCUT2D eigenvalue weighted by atomic mass is 16.7. The molecule has 2 aromatic rings. The summed E-state index contributed by atoms with van der Waals surface area (Å²) >= 11 is 0. The van der Waals surface area contributed by atoms with E-state index < -0.39 is 0 Å². The number of hydrogen-bond acceptors (Lipinski definition) is 6. The maximum absolute atomic E-state index is 12.5. The Morgan fingerprint density at radius 1 is 1.19 bits per heavy atom. The molecule has 7 nitrogen and oxygen atoms in total. The van der Waals surface area contributed by atoms with Gasteiger partial charge in [0.15, 0.2) is 11.5 Å². The molecule has 0 radical (unpaired) electrons. The van der Waals surface area contributed by atoms with E-state index in [-0.39, 0.29) is 30.5 Å². The second kappa shape index (κ2) is 7.09. The van der Waals surface area contributed by atoms with Crippen molar-refractivity contribution in [3.8, 4) is 17.2 Å². The van der Waals surface area contributed by atoms with Crippen LogP contribution in [0.5, 0.6) is 17.2 Å². The van der Waals surface area contributed by atoms with Crippen molar-refractivity contribution in [3.05, 3.63) is 52.6 Å². The van der Waals surface area contributed by atoms with E-state index >= 15 is 0 Å². The predicted octanol–water partition coefficient (Wildman–Crippen LogP) is 1.96. The summed E-state index contributed by atoms with van der Waals surface area (Å²) in [6.07, 6.45) is 0.559. The van der Waals surface area contributed by atoms with Crippen LogP contribution in [0.25, 0.3) is 0 Å². The number of carbonyl (C=O) groups excluding carboxylic acids is 1. The Labute approximate surface area is 157 Å². The third-order valence-corrected chi connectivity index (χ3v) is 5.23. The van der Waals surface area contributed by atoms with Crippen molar-refractivity contribution in [1.29, 1.82) is 0 Å². The van der Waals surface area contributed by atoms with Gasteiger partial charge in [-0.25, -0.2) is 10.9 Å². The number of nitrogens with one attached hydrogen (secondary N) is 3. The Kier molecular flexibility index (Phi) is 4.63. The second-order valence-electron chi connectivity index (χ2n) is 6.98. The Balaban J connectivity index is 1.36. The number of benzene rings is 2. The van der Waals surface area contributed by atoms with Crippen molar-refractivity contribution in [3.63, 3.8) is 0 Å². The zero-order chi connectivity index (χ0) is 19.0. The van der Waals surface area contributed by atoms with Gasteiger partial charge < -0.3 is 19.9 Å². The van der Waals surface area contributed by atoms with Crippen LogP contribution in [0, 0.1) is 13.8 Å². The van der Waals surface area contributed by atoms with Gasteiger partial charge in [-0.3, -0.25) is 4.79 Å². The number of carbonyl (C=O) groups is 1. The molecule has 0 saturated carbocycles. The summed E-state index contributed by atoms with van der Waals surface area (Å²) in [5.41, 5.74) is 9.80. The minimum Gasteiger partial charge on any atom is -0.507 e. The standard InChI is InChI=1S/C20H23N3O4/c1-11-3-5-14(19(24)12(11)2)15-8-16(23-22-15)20(25)21-9-13-4-6-17-18(7-13)27-10-26-17/h3-7,15-16,22-24H,8-10H2,1-2H3,(H,21,25). The lowest BCUT2D eigenvalue weighted by Gasteiger charge is -2.15. The summed E-state index contributed by atoms with van der Waals surface area (Å²) in [5, 5.41) is 13.3. The molecule has 0 spiro atoms. The van der Waals surface area contributed by atoms with Crippen molar-refractivity contribution in [2.24, 2.45) is 0 Å². The van der Waals surface area contributed by atoms with E-state index in [0.717, 1.165) is 28.0 Å². The van der Waals surface area contributed by atoms with Gasteiger partial charge >= 0.3 is 0 Å². The molecule has 1 amide bonds. The first kappa shape index (κ1) is 17.6. The SMILES string of the molecule is Cc1ccc(C2CC(C(=O)NCc3ccc4c(c3)OCO4)NN2)c(O)c1C. The molecule has 2 heterocycles. The van der Waals surface area contributed by atoms with Crippen LogP contribution in [0.3, 0.4) is 0 Å². The highest BCUT2D eigenvalue weighted by molar-refractivity contribution is 5.82. The Hall–Kier alpha value is -2.77. The molecule has 2 aliphatic heterocycles. The molecule has 4 N–H and O–H groups in total. The minimum atomic E-state index is -0.370. The van der Waals surface area contributed by atoms with Gasteiger partial charge in [0.1, 0.15) is 11.8 Å². The van der Waals surface area contributed by atoms with Crippen LogP contribution >= 0.6 is 0 Å². The minimum absolute atomic E-state index is 0.0917. The number of phenolic OH excluding ortho intramolecular Hbond substituents is 1. The largest absolute Gasteiger partial charge is 0.507 e. The number of ether oxygens (including phenoxy) is 2. The van der Waals surface area contributed by atoms with Gasteiger partial charge in [-0.15, -0.1) is 0 Å². The quantitative estimate of drug-likeness (QED) is 0.659. The van der Waals surface area contributed by atoms with Crippen LogP contribution < -0.4 is 25.6 Å². The van der Waals surface area contributed by atoms with E-state index in [4.69, 9.17) is 9.47 Å². The number of aryl methyl sites for hydroxylation is 1. The lowest BCUT2D eigenvalue weighted by Crippen LogP contribution is -2.42. The molecule has 0 bridgehead atoms. The van der Waals surface area contributed by atoms with Crippen LogP contribution in [-0.4, -0.2) is 23.8 Å². The van der Waals surface area contributed by atoms with Crippen LogP contribution in [0.2, 0.25) is 0 Å². The summed E-state index contributed by atoms with van der Waals surface area (Å²) in [5.74, 6) is 1.62. The average Bonchev–Trinajstić information content (AvgIpc) is 3.33. The van der Waals surface area contributed by atoms with E-state index in [9.17, 15) is 9.90 Å². The third kappa shape index (κ3) is 3.43. The molecule has 1 saturated heterocycles. The number of phenols is 1. The van der Waals surface area contributed by atoms with Gasteiger partial charge in [0.2, 0.25) is 12.7 Å². The highest BCUT2D eigenvalue weighted by Crippen LogP contribution is 2.34. The molecule has 7 heteroatoms. The van der Waals surface area contributed by atoms with Gasteiger partial charge in [-0.05, 0) is 49.1 Å². The van der Waals surface area contributed by atoms with Crippen molar-refractivity contribution in [2.45, 2.75) is 38.9 Å². The van der Waals surface area contributed by atoms with Crippen LogP contribution in [0.4, 0.5) is 0 Å². The number of hydrogen-bond donors (Lipinski definition) is 4. The maximum Gasteiger partial charge on any atom is 0.238 e. The van der Waals surface area contributed by atoms with Crippen LogP contribution in [0.15, 0.2) is 30.3 Å². The van der Waals surface area contributed by atoms with E-state index in [2.05, 4.69) is 16.2 Å². The zero-order valence-corrected chi connectivity index (χ0v) is 15.3. The molecule has 4 rings (SSSR count). The molecular formula is C20H23N3O4. The average molecular weight is 369 g/mol. The number of amides is 1. The molecule has 0 aliphatic carbocycles. The van der Waals surface area contributed by atoms with Crippen molar-refractivity contribution in [2.75, 3.05) is 6.79 Å². The first-order chi connectivity index (χ1) is 13.0. The molecule has 2 unspecified atom stereocenters. The van der Waals surface area contributed by atoms with Gasteiger partial charge in [0, 0.05) is 12.1 Å². The van der Waals surface area contributed by atoms with Gasteiger partial charge in [0.05, 0.1) is 6.04 Å². The topological polar surface area (TPSA) is 91.9 Å². The summed E-state index contributed by atoms with van der Waals surface area (Å²) < 4.78 is 10.6. The van der Waals surface area contributed by atoms with Crippen LogP contribution in [-0.2, 0) is 11.3 Å².